The third-order valence-corrected chi connectivity index (χ3v) is 3.99. The molecule has 0 amide bonds. The summed E-state index contributed by atoms with van der Waals surface area (Å²) in [5.41, 5.74) is 3.04. The van der Waals surface area contributed by atoms with Crippen LogP contribution in [0, 0.1) is 6.92 Å². The molecule has 0 atom stereocenters. The normalized spacial score (nSPS) is 10.6. The van der Waals surface area contributed by atoms with E-state index in [1.807, 2.05) is 32.0 Å². The second kappa shape index (κ2) is 6.97. The molecule has 5 nitrogen and oxygen atoms in total. The van der Waals surface area contributed by atoms with Crippen molar-refractivity contribution in [2.24, 2.45) is 0 Å². The number of rotatable bonds is 3. The van der Waals surface area contributed by atoms with Gasteiger partial charge in [-0.2, -0.15) is 0 Å². The molecule has 1 radical (unpaired) electrons. The fraction of sp³-hybridized carbons (Fsp3) is 0.222. The van der Waals surface area contributed by atoms with Crippen LogP contribution in [-0.4, -0.2) is 54.7 Å². The maximum atomic E-state index is 12.7. The van der Waals surface area contributed by atoms with E-state index < -0.39 is 5.97 Å². The van der Waals surface area contributed by atoms with Crippen LogP contribution in [0.4, 0.5) is 5.69 Å². The van der Waals surface area contributed by atoms with E-state index in [2.05, 4.69) is 0 Å². The number of aliphatic carboxylic acids is 1. The van der Waals surface area contributed by atoms with Crippen molar-refractivity contribution in [3.8, 4) is 0 Å². The van der Waals surface area contributed by atoms with Gasteiger partial charge in [-0.3, -0.25) is 9.59 Å². The number of benzene rings is 2. The molecule has 119 valence electrons. The van der Waals surface area contributed by atoms with Gasteiger partial charge >= 0.3 is 5.97 Å². The summed E-state index contributed by atoms with van der Waals surface area (Å²) in [5, 5.41) is 9.97. The fourth-order valence-electron chi connectivity index (χ4n) is 2.91. The molecular weight excluding hydrogens is 317 g/mol. The summed E-state index contributed by atoms with van der Waals surface area (Å²) in [4.78, 5) is 25.7. The molecule has 6 heteroatoms. The third kappa shape index (κ3) is 3.07. The molecule has 0 aliphatic rings. The molecule has 1 heterocycles. The van der Waals surface area contributed by atoms with E-state index in [1.54, 1.807) is 24.3 Å². The van der Waals surface area contributed by atoms with Gasteiger partial charge in [0.2, 0.25) is 5.43 Å². The van der Waals surface area contributed by atoms with E-state index in [0.717, 1.165) is 11.3 Å². The van der Waals surface area contributed by atoms with Crippen molar-refractivity contribution in [2.75, 3.05) is 19.0 Å². The molecule has 0 saturated heterocycles. The first-order valence-electron chi connectivity index (χ1n) is 7.27. The fourth-order valence-corrected chi connectivity index (χ4v) is 2.91. The van der Waals surface area contributed by atoms with Gasteiger partial charge in [-0.25, -0.2) is 0 Å². The Morgan fingerprint density at radius 2 is 1.79 bits per heavy atom. The number of anilines is 1. The molecule has 0 unspecified atom stereocenters. The zero-order valence-electron chi connectivity index (χ0n) is 14.2. The van der Waals surface area contributed by atoms with Crippen molar-refractivity contribution in [3.05, 3.63) is 51.7 Å². The van der Waals surface area contributed by atoms with Crippen molar-refractivity contribution in [1.82, 2.24) is 0 Å². The zero-order valence-corrected chi connectivity index (χ0v) is 16.2. The standard InChI is InChI=1S/C18H17NO4.Na/c1-10-14(19(2)3)8-7-13-16(22)12-6-4-5-11(9-15(20)21)18(12)23-17(10)13;/h4-8H,9H2,1-3H3,(H,20,21);. The van der Waals surface area contributed by atoms with Crippen LogP contribution in [0.1, 0.15) is 11.1 Å². The summed E-state index contributed by atoms with van der Waals surface area (Å²) in [5.74, 6) is -0.959. The minimum absolute atomic E-state index is 0. The summed E-state index contributed by atoms with van der Waals surface area (Å²) < 4.78 is 5.99. The third-order valence-electron chi connectivity index (χ3n) is 3.99. The number of carbonyl (C=O) groups is 1. The van der Waals surface area contributed by atoms with E-state index in [-0.39, 0.29) is 41.4 Å². The molecule has 2 aromatic carbocycles. The smallest absolute Gasteiger partial charge is 0.307 e. The number of hydrogen-bond donors (Lipinski definition) is 1. The van der Waals surface area contributed by atoms with Crippen LogP contribution in [0.5, 0.6) is 0 Å². The Kier molecular flexibility index (Phi) is 5.38. The molecule has 0 aliphatic heterocycles. The summed E-state index contributed by atoms with van der Waals surface area (Å²) >= 11 is 0. The summed E-state index contributed by atoms with van der Waals surface area (Å²) in [7, 11) is 3.84. The van der Waals surface area contributed by atoms with E-state index >= 15 is 0 Å². The van der Waals surface area contributed by atoms with Crippen LogP contribution in [0.3, 0.4) is 0 Å². The molecule has 1 N–H and O–H groups in total. The Morgan fingerprint density at radius 1 is 1.12 bits per heavy atom. The van der Waals surface area contributed by atoms with E-state index in [9.17, 15) is 9.59 Å². The Hall–Kier alpha value is -1.82. The molecule has 0 fully saturated rings. The topological polar surface area (TPSA) is 70.8 Å². The van der Waals surface area contributed by atoms with Gasteiger partial charge < -0.3 is 14.4 Å². The first-order valence-corrected chi connectivity index (χ1v) is 7.27. The van der Waals surface area contributed by atoms with Crippen LogP contribution < -0.4 is 10.3 Å². The average Bonchev–Trinajstić information content (AvgIpc) is 2.48. The van der Waals surface area contributed by atoms with Crippen LogP contribution in [0.2, 0.25) is 0 Å². The largest absolute Gasteiger partial charge is 0.481 e. The molecule has 0 bridgehead atoms. The van der Waals surface area contributed by atoms with Crippen LogP contribution in [-0.2, 0) is 11.2 Å². The zero-order chi connectivity index (χ0) is 16.7. The van der Waals surface area contributed by atoms with Crippen molar-refractivity contribution in [1.29, 1.82) is 0 Å². The Balaban J connectivity index is 0.00000208. The van der Waals surface area contributed by atoms with Crippen LogP contribution in [0.15, 0.2) is 39.5 Å². The van der Waals surface area contributed by atoms with E-state index in [0.29, 0.717) is 27.5 Å². The predicted octanol–water partition coefficient (Wildman–Crippen LogP) is 2.57. The van der Waals surface area contributed by atoms with Gasteiger partial charge in [-0.1, -0.05) is 12.1 Å². The molecule has 1 aromatic heterocycles. The van der Waals surface area contributed by atoms with Crippen molar-refractivity contribution in [3.63, 3.8) is 0 Å². The molecule has 0 saturated carbocycles. The maximum absolute atomic E-state index is 12.7. The second-order valence-corrected chi connectivity index (χ2v) is 5.78. The van der Waals surface area contributed by atoms with Crippen LogP contribution in [0.25, 0.3) is 21.9 Å². The number of fused-ring (bicyclic) bond motifs is 2. The molecule has 3 rings (SSSR count). The monoisotopic (exact) mass is 334 g/mol. The van der Waals surface area contributed by atoms with Gasteiger partial charge in [-0.05, 0) is 25.1 Å². The second-order valence-electron chi connectivity index (χ2n) is 5.78. The molecular formula is C18H17NNaO4. The molecule has 24 heavy (non-hydrogen) atoms. The average molecular weight is 334 g/mol. The number of carboxylic acids is 1. The van der Waals surface area contributed by atoms with E-state index in [1.165, 1.54) is 0 Å². The van der Waals surface area contributed by atoms with Crippen LogP contribution >= 0.6 is 0 Å². The summed E-state index contributed by atoms with van der Waals surface area (Å²) in [6.45, 7) is 1.90. The minimum atomic E-state index is -0.959. The van der Waals surface area contributed by atoms with Crippen molar-refractivity contribution < 1.29 is 14.3 Å². The SMILES string of the molecule is Cc1c(N(C)C)ccc2c(=O)c3cccc(CC(=O)O)c3oc12.[Na]. The number of carboxylic acid groups (broad SMARTS) is 1. The quantitative estimate of drug-likeness (QED) is 0.589. The number of para-hydroxylation sites is 1. The van der Waals surface area contributed by atoms with Gasteiger partial charge in [0.1, 0.15) is 11.2 Å². The van der Waals surface area contributed by atoms with Gasteiger partial charge in [0, 0.05) is 60.5 Å². The number of aryl methyl sites for hydroxylation is 1. The number of hydrogen-bond acceptors (Lipinski definition) is 4. The molecule has 0 spiro atoms. The summed E-state index contributed by atoms with van der Waals surface area (Å²) in [6.07, 6.45) is -0.182. The molecule has 0 aliphatic carbocycles. The van der Waals surface area contributed by atoms with Gasteiger partial charge in [0.15, 0.2) is 0 Å². The van der Waals surface area contributed by atoms with Crippen molar-refractivity contribution in [2.45, 2.75) is 13.3 Å². The Labute approximate surface area is 161 Å². The Bertz CT molecular complexity index is 992. The first-order chi connectivity index (χ1) is 10.9. The number of nitrogens with zero attached hydrogens (tertiary/aromatic N) is 1. The van der Waals surface area contributed by atoms with Gasteiger partial charge in [0.05, 0.1) is 17.2 Å². The predicted molar refractivity (Wildman–Crippen MR) is 96.1 cm³/mol. The maximum Gasteiger partial charge on any atom is 0.307 e. The van der Waals surface area contributed by atoms with Gasteiger partial charge in [0.25, 0.3) is 0 Å². The van der Waals surface area contributed by atoms with Crippen molar-refractivity contribution >= 4 is 63.2 Å². The summed E-state index contributed by atoms with van der Waals surface area (Å²) in [6, 6.07) is 8.68. The van der Waals surface area contributed by atoms with Gasteiger partial charge in [-0.15, -0.1) is 0 Å². The Morgan fingerprint density at radius 3 is 2.42 bits per heavy atom. The first kappa shape index (κ1) is 18.5. The molecule has 3 aromatic rings. The van der Waals surface area contributed by atoms with E-state index in [4.69, 9.17) is 9.52 Å². The minimum Gasteiger partial charge on any atom is -0.481 e.